The Morgan fingerprint density at radius 3 is 2.90 bits per heavy atom. The van der Waals surface area contributed by atoms with Gasteiger partial charge in [-0.15, -0.1) is 11.3 Å². The highest BCUT2D eigenvalue weighted by atomic mass is 32.1. The summed E-state index contributed by atoms with van der Waals surface area (Å²) in [5.74, 6) is -0.121. The van der Waals surface area contributed by atoms with Gasteiger partial charge in [0.1, 0.15) is 9.71 Å². The quantitative estimate of drug-likeness (QED) is 0.904. The van der Waals surface area contributed by atoms with Gasteiger partial charge in [0.05, 0.1) is 11.8 Å². The molecule has 0 aliphatic carbocycles. The van der Waals surface area contributed by atoms with Crippen molar-refractivity contribution in [2.24, 2.45) is 0 Å². The van der Waals surface area contributed by atoms with E-state index in [1.165, 1.54) is 11.3 Å². The Bertz CT molecular complexity index is 637. The number of aromatic nitrogens is 1. The van der Waals surface area contributed by atoms with Crippen LogP contribution in [-0.2, 0) is 0 Å². The predicted molar refractivity (Wildman–Crippen MR) is 82.0 cm³/mol. The fraction of sp³-hybridized carbons (Fsp3) is 0.429. The number of anilines is 1. The van der Waals surface area contributed by atoms with Crippen LogP contribution in [0.5, 0.6) is 0 Å². The first-order valence-corrected chi connectivity index (χ1v) is 7.31. The van der Waals surface area contributed by atoms with E-state index >= 15 is 0 Å². The van der Waals surface area contributed by atoms with Crippen LogP contribution in [0.15, 0.2) is 12.1 Å². The summed E-state index contributed by atoms with van der Waals surface area (Å²) in [6.07, 6.45) is 0.124. The number of aliphatic hydroxyl groups is 1. The number of thiophene rings is 1. The third-order valence-electron chi connectivity index (χ3n) is 3.16. The fourth-order valence-electron chi connectivity index (χ4n) is 1.90. The molecule has 3 N–H and O–H groups in total. The molecule has 1 unspecified atom stereocenters. The van der Waals surface area contributed by atoms with Gasteiger partial charge < -0.3 is 15.7 Å². The van der Waals surface area contributed by atoms with Gasteiger partial charge in [-0.25, -0.2) is 4.98 Å². The number of fused-ring (bicyclic) bond motifs is 1. The molecule has 0 aliphatic heterocycles. The molecular formula is C14H19N3O2S. The summed E-state index contributed by atoms with van der Waals surface area (Å²) in [6, 6.07) is 3.78. The van der Waals surface area contributed by atoms with E-state index in [0.29, 0.717) is 23.5 Å². The van der Waals surface area contributed by atoms with Crippen LogP contribution in [0.1, 0.15) is 28.7 Å². The average Bonchev–Trinajstić information content (AvgIpc) is 2.71. The second-order valence-corrected chi connectivity index (χ2v) is 6.01. The number of rotatable bonds is 4. The highest BCUT2D eigenvalue weighted by Crippen LogP contribution is 2.33. The van der Waals surface area contributed by atoms with Crippen molar-refractivity contribution in [1.82, 2.24) is 9.88 Å². The van der Waals surface area contributed by atoms with Crippen LogP contribution in [0, 0.1) is 6.92 Å². The third kappa shape index (κ3) is 2.91. The first-order valence-electron chi connectivity index (χ1n) is 6.49. The zero-order valence-electron chi connectivity index (χ0n) is 11.9. The number of nitrogens with zero attached hydrogens (tertiary/aromatic N) is 2. The molecule has 0 spiro atoms. The third-order valence-corrected chi connectivity index (χ3v) is 4.26. The standard InChI is InChI=1S/C14H19N3O2S/c1-8-4-5-10-11(15)12(20-13(10)16-8)14(19)17(3)7-6-9(2)18/h4-5,9,18H,6-7,15H2,1-3H3. The van der Waals surface area contributed by atoms with Gasteiger partial charge in [0.25, 0.3) is 5.91 Å². The molecule has 2 aromatic heterocycles. The van der Waals surface area contributed by atoms with Gasteiger partial charge in [-0.05, 0) is 32.4 Å². The molecule has 1 amide bonds. The lowest BCUT2D eigenvalue weighted by molar-refractivity contribution is 0.0774. The van der Waals surface area contributed by atoms with Crippen LogP contribution in [0.2, 0.25) is 0 Å². The van der Waals surface area contributed by atoms with Crippen LogP contribution < -0.4 is 5.73 Å². The maximum atomic E-state index is 12.4. The van der Waals surface area contributed by atoms with Gasteiger partial charge in [0.15, 0.2) is 0 Å². The topological polar surface area (TPSA) is 79.5 Å². The van der Waals surface area contributed by atoms with Crippen LogP contribution in [0.3, 0.4) is 0 Å². The second-order valence-electron chi connectivity index (χ2n) is 5.01. The number of amides is 1. The van der Waals surface area contributed by atoms with Gasteiger partial charge in [-0.2, -0.15) is 0 Å². The highest BCUT2D eigenvalue weighted by molar-refractivity contribution is 7.21. The number of nitrogens with two attached hydrogens (primary N) is 1. The first-order chi connectivity index (χ1) is 9.40. The van der Waals surface area contributed by atoms with Crippen molar-refractivity contribution >= 4 is 33.1 Å². The van der Waals surface area contributed by atoms with Crippen LogP contribution in [-0.4, -0.2) is 40.6 Å². The molecule has 108 valence electrons. The molecule has 0 fully saturated rings. The molecule has 0 bridgehead atoms. The zero-order valence-corrected chi connectivity index (χ0v) is 12.7. The summed E-state index contributed by atoms with van der Waals surface area (Å²) >= 11 is 1.32. The van der Waals surface area contributed by atoms with E-state index in [0.717, 1.165) is 15.9 Å². The minimum absolute atomic E-state index is 0.121. The smallest absolute Gasteiger partial charge is 0.265 e. The van der Waals surface area contributed by atoms with E-state index in [9.17, 15) is 9.90 Å². The molecule has 0 radical (unpaired) electrons. The van der Waals surface area contributed by atoms with Crippen molar-refractivity contribution in [1.29, 1.82) is 0 Å². The number of pyridine rings is 1. The lowest BCUT2D eigenvalue weighted by atomic mass is 10.2. The Kier molecular flexibility index (Phi) is 4.25. The van der Waals surface area contributed by atoms with E-state index < -0.39 is 6.10 Å². The van der Waals surface area contributed by atoms with E-state index in [4.69, 9.17) is 5.73 Å². The molecule has 2 heterocycles. The Morgan fingerprint density at radius 2 is 2.25 bits per heavy atom. The van der Waals surface area contributed by atoms with Crippen LogP contribution in [0.25, 0.3) is 10.2 Å². The molecule has 1 atom stereocenters. The Balaban J connectivity index is 2.28. The lowest BCUT2D eigenvalue weighted by Crippen LogP contribution is -2.29. The molecule has 0 aliphatic rings. The van der Waals surface area contributed by atoms with E-state index in [-0.39, 0.29) is 5.91 Å². The summed E-state index contributed by atoms with van der Waals surface area (Å²) in [5, 5.41) is 10.1. The number of hydrogen-bond donors (Lipinski definition) is 2. The number of hydrogen-bond acceptors (Lipinski definition) is 5. The summed E-state index contributed by atoms with van der Waals surface area (Å²) < 4.78 is 0. The Labute approximate surface area is 122 Å². The number of carbonyl (C=O) groups excluding carboxylic acids is 1. The normalized spacial score (nSPS) is 12.6. The van der Waals surface area contributed by atoms with Crippen molar-refractivity contribution in [2.45, 2.75) is 26.4 Å². The molecule has 0 saturated carbocycles. The zero-order chi connectivity index (χ0) is 14.9. The summed E-state index contributed by atoms with van der Waals surface area (Å²) in [5.41, 5.74) is 7.45. The van der Waals surface area contributed by atoms with Crippen molar-refractivity contribution in [2.75, 3.05) is 19.3 Å². The minimum atomic E-state index is -0.422. The molecule has 0 aromatic carbocycles. The van der Waals surface area contributed by atoms with Crippen molar-refractivity contribution < 1.29 is 9.90 Å². The lowest BCUT2D eigenvalue weighted by Gasteiger charge is -2.17. The predicted octanol–water partition coefficient (Wildman–Crippen LogP) is 2.03. The number of aliphatic hydroxyl groups excluding tert-OH is 1. The number of nitrogen functional groups attached to an aromatic ring is 1. The number of aryl methyl sites for hydroxylation is 1. The average molecular weight is 293 g/mol. The van der Waals surface area contributed by atoms with E-state index in [1.54, 1.807) is 18.9 Å². The molecule has 20 heavy (non-hydrogen) atoms. The van der Waals surface area contributed by atoms with Crippen LogP contribution in [0.4, 0.5) is 5.69 Å². The van der Waals surface area contributed by atoms with Crippen molar-refractivity contribution in [3.05, 3.63) is 22.7 Å². The maximum absolute atomic E-state index is 12.4. The maximum Gasteiger partial charge on any atom is 0.265 e. The molecule has 2 aromatic rings. The second kappa shape index (κ2) is 5.76. The number of carbonyl (C=O) groups is 1. The van der Waals surface area contributed by atoms with Gasteiger partial charge in [-0.1, -0.05) is 0 Å². The molecule has 5 nitrogen and oxygen atoms in total. The van der Waals surface area contributed by atoms with E-state index in [2.05, 4.69) is 4.98 Å². The monoisotopic (exact) mass is 293 g/mol. The fourth-order valence-corrected chi connectivity index (χ4v) is 3.04. The SMILES string of the molecule is Cc1ccc2c(N)c(C(=O)N(C)CCC(C)O)sc2n1. The van der Waals surface area contributed by atoms with Crippen molar-refractivity contribution in [3.8, 4) is 0 Å². The minimum Gasteiger partial charge on any atom is -0.397 e. The van der Waals surface area contributed by atoms with Gasteiger partial charge >= 0.3 is 0 Å². The van der Waals surface area contributed by atoms with Gasteiger partial charge in [0.2, 0.25) is 0 Å². The Morgan fingerprint density at radius 1 is 1.55 bits per heavy atom. The van der Waals surface area contributed by atoms with E-state index in [1.807, 2.05) is 19.1 Å². The largest absolute Gasteiger partial charge is 0.397 e. The van der Waals surface area contributed by atoms with Gasteiger partial charge in [-0.3, -0.25) is 4.79 Å². The van der Waals surface area contributed by atoms with Crippen molar-refractivity contribution in [3.63, 3.8) is 0 Å². The molecule has 6 heteroatoms. The highest BCUT2D eigenvalue weighted by Gasteiger charge is 2.20. The summed E-state index contributed by atoms with van der Waals surface area (Å²) in [6.45, 7) is 4.11. The first kappa shape index (κ1) is 14.7. The molecule has 2 rings (SSSR count). The van der Waals surface area contributed by atoms with Gasteiger partial charge in [0, 0.05) is 24.7 Å². The molecule has 0 saturated heterocycles. The Hall–Kier alpha value is -1.66. The molecular weight excluding hydrogens is 274 g/mol. The van der Waals surface area contributed by atoms with Crippen LogP contribution >= 0.6 is 11.3 Å². The summed E-state index contributed by atoms with van der Waals surface area (Å²) in [4.78, 5) is 19.7. The summed E-state index contributed by atoms with van der Waals surface area (Å²) in [7, 11) is 1.72.